The number of nitrogens with one attached hydrogen (secondary N) is 1. The summed E-state index contributed by atoms with van der Waals surface area (Å²) >= 11 is 0. The highest BCUT2D eigenvalue weighted by Gasteiger charge is 2.28. The smallest absolute Gasteiger partial charge is 0.263 e. The van der Waals surface area contributed by atoms with Crippen molar-refractivity contribution < 1.29 is 19.1 Å². The minimum Gasteiger partial charge on any atom is -0.481 e. The molecule has 1 saturated heterocycles. The van der Waals surface area contributed by atoms with Crippen LogP contribution in [0.1, 0.15) is 45.1 Å². The van der Waals surface area contributed by atoms with E-state index in [2.05, 4.69) is 19.2 Å². The number of rotatable bonds is 7. The summed E-state index contributed by atoms with van der Waals surface area (Å²) in [6, 6.07) is 7.95. The number of ether oxygens (including phenoxy) is 2. The molecule has 2 rings (SSSR count). The maximum atomic E-state index is 12.7. The second-order valence-corrected chi connectivity index (χ2v) is 7.05. The Morgan fingerprint density at radius 3 is 2.46 bits per heavy atom. The molecule has 144 valence electrons. The highest BCUT2D eigenvalue weighted by molar-refractivity contribution is 5.81. The highest BCUT2D eigenvalue weighted by Crippen LogP contribution is 2.27. The van der Waals surface area contributed by atoms with Crippen molar-refractivity contribution in [3.05, 3.63) is 29.8 Å². The van der Waals surface area contributed by atoms with E-state index in [1.54, 1.807) is 6.92 Å². The highest BCUT2D eigenvalue weighted by atomic mass is 16.5. The molecule has 1 unspecified atom stereocenters. The first-order chi connectivity index (χ1) is 12.4. The molecule has 2 amide bonds. The number of carbonyl (C=O) groups is 2. The van der Waals surface area contributed by atoms with E-state index in [9.17, 15) is 9.59 Å². The molecule has 1 heterocycles. The van der Waals surface area contributed by atoms with Gasteiger partial charge in [0.2, 0.25) is 5.91 Å². The van der Waals surface area contributed by atoms with E-state index in [1.807, 2.05) is 29.2 Å². The van der Waals surface area contributed by atoms with Crippen molar-refractivity contribution in [1.82, 2.24) is 10.2 Å². The maximum Gasteiger partial charge on any atom is 0.263 e. The number of hydrogen-bond donors (Lipinski definition) is 1. The van der Waals surface area contributed by atoms with Crippen molar-refractivity contribution >= 4 is 11.8 Å². The SMILES string of the molecule is COCC(=O)NC1CCN(C(=O)C(C)Oc2ccccc2C(C)C)CC1. The van der Waals surface area contributed by atoms with Crippen molar-refractivity contribution in [3.8, 4) is 5.75 Å². The summed E-state index contributed by atoms with van der Waals surface area (Å²) in [5.41, 5.74) is 1.10. The van der Waals surface area contributed by atoms with Crippen LogP contribution in [0.2, 0.25) is 0 Å². The number of para-hydroxylation sites is 1. The minimum absolute atomic E-state index is 0.00905. The molecule has 1 aromatic carbocycles. The molecule has 0 aliphatic carbocycles. The van der Waals surface area contributed by atoms with Gasteiger partial charge in [-0.15, -0.1) is 0 Å². The third-order valence-corrected chi connectivity index (χ3v) is 4.64. The first-order valence-corrected chi connectivity index (χ1v) is 9.25. The third-order valence-electron chi connectivity index (χ3n) is 4.64. The molecular weight excluding hydrogens is 332 g/mol. The van der Waals surface area contributed by atoms with Crippen LogP contribution in [0.4, 0.5) is 0 Å². The molecular formula is C20H30N2O4. The monoisotopic (exact) mass is 362 g/mol. The average molecular weight is 362 g/mol. The Kier molecular flexibility index (Phi) is 7.45. The number of carbonyl (C=O) groups excluding carboxylic acids is 2. The molecule has 1 aliphatic heterocycles. The van der Waals surface area contributed by atoms with Crippen molar-refractivity contribution in [3.63, 3.8) is 0 Å². The normalized spacial score (nSPS) is 16.4. The Bertz CT molecular complexity index is 610. The van der Waals surface area contributed by atoms with Crippen molar-refractivity contribution in [2.24, 2.45) is 0 Å². The first kappa shape index (κ1) is 20.2. The number of hydrogen-bond acceptors (Lipinski definition) is 4. The summed E-state index contributed by atoms with van der Waals surface area (Å²) in [5, 5.41) is 2.94. The lowest BCUT2D eigenvalue weighted by Gasteiger charge is -2.34. The van der Waals surface area contributed by atoms with Crippen LogP contribution in [0.25, 0.3) is 0 Å². The molecule has 1 aromatic rings. The largest absolute Gasteiger partial charge is 0.481 e. The van der Waals surface area contributed by atoms with Gasteiger partial charge >= 0.3 is 0 Å². The van der Waals surface area contributed by atoms with Crippen LogP contribution >= 0.6 is 0 Å². The van der Waals surface area contributed by atoms with Gasteiger partial charge in [0.05, 0.1) is 0 Å². The van der Waals surface area contributed by atoms with Gasteiger partial charge in [0.25, 0.3) is 5.91 Å². The van der Waals surface area contributed by atoms with Gasteiger partial charge in [-0.1, -0.05) is 32.0 Å². The van der Waals surface area contributed by atoms with Gasteiger partial charge in [0, 0.05) is 26.2 Å². The van der Waals surface area contributed by atoms with Crippen molar-refractivity contribution in [1.29, 1.82) is 0 Å². The van der Waals surface area contributed by atoms with Crippen LogP contribution in [-0.2, 0) is 14.3 Å². The molecule has 6 heteroatoms. The van der Waals surface area contributed by atoms with E-state index in [0.29, 0.717) is 19.0 Å². The van der Waals surface area contributed by atoms with E-state index in [-0.39, 0.29) is 24.5 Å². The van der Waals surface area contributed by atoms with Gasteiger partial charge in [-0.05, 0) is 37.3 Å². The van der Waals surface area contributed by atoms with Crippen molar-refractivity contribution in [2.45, 2.75) is 51.7 Å². The molecule has 6 nitrogen and oxygen atoms in total. The summed E-state index contributed by atoms with van der Waals surface area (Å²) in [6.07, 6.45) is 0.960. The molecule has 1 N–H and O–H groups in total. The van der Waals surface area contributed by atoms with Crippen LogP contribution in [-0.4, -0.2) is 55.7 Å². The van der Waals surface area contributed by atoms with E-state index in [0.717, 1.165) is 24.2 Å². The topological polar surface area (TPSA) is 67.9 Å². The second-order valence-electron chi connectivity index (χ2n) is 7.05. The Morgan fingerprint density at radius 1 is 1.19 bits per heavy atom. The summed E-state index contributed by atoms with van der Waals surface area (Å²) in [7, 11) is 1.50. The first-order valence-electron chi connectivity index (χ1n) is 9.25. The Morgan fingerprint density at radius 2 is 1.85 bits per heavy atom. The fourth-order valence-electron chi connectivity index (χ4n) is 3.21. The van der Waals surface area contributed by atoms with Gasteiger partial charge < -0.3 is 19.7 Å². The average Bonchev–Trinajstić information content (AvgIpc) is 2.62. The van der Waals surface area contributed by atoms with Crippen LogP contribution in [0.5, 0.6) is 5.75 Å². The van der Waals surface area contributed by atoms with Gasteiger partial charge in [-0.25, -0.2) is 0 Å². The summed E-state index contributed by atoms with van der Waals surface area (Å²) in [6.45, 7) is 7.33. The summed E-state index contributed by atoms with van der Waals surface area (Å²) in [4.78, 5) is 26.1. The number of methoxy groups -OCH3 is 1. The van der Waals surface area contributed by atoms with E-state index >= 15 is 0 Å². The van der Waals surface area contributed by atoms with Gasteiger partial charge in [0.1, 0.15) is 12.4 Å². The van der Waals surface area contributed by atoms with E-state index in [4.69, 9.17) is 9.47 Å². The third kappa shape index (κ3) is 5.46. The molecule has 1 atom stereocenters. The van der Waals surface area contributed by atoms with Crippen LogP contribution in [0.15, 0.2) is 24.3 Å². The molecule has 0 aromatic heterocycles. The van der Waals surface area contributed by atoms with Gasteiger partial charge in [-0.2, -0.15) is 0 Å². The number of nitrogens with zero attached hydrogens (tertiary/aromatic N) is 1. The standard InChI is InChI=1S/C20H30N2O4/c1-14(2)17-7-5-6-8-18(17)26-15(3)20(24)22-11-9-16(10-12-22)21-19(23)13-25-4/h5-8,14-16H,9-13H2,1-4H3,(H,21,23). The molecule has 0 radical (unpaired) electrons. The lowest BCUT2D eigenvalue weighted by atomic mass is 10.0. The Hall–Kier alpha value is -2.08. The lowest BCUT2D eigenvalue weighted by molar-refractivity contribution is -0.139. The summed E-state index contributed by atoms with van der Waals surface area (Å²) in [5.74, 6) is 0.981. The zero-order valence-electron chi connectivity index (χ0n) is 16.2. The quantitative estimate of drug-likeness (QED) is 0.808. The maximum absolute atomic E-state index is 12.7. The van der Waals surface area contributed by atoms with E-state index in [1.165, 1.54) is 7.11 Å². The molecule has 0 saturated carbocycles. The second kappa shape index (κ2) is 9.57. The van der Waals surface area contributed by atoms with E-state index < -0.39 is 6.10 Å². The zero-order chi connectivity index (χ0) is 19.1. The fourth-order valence-corrected chi connectivity index (χ4v) is 3.21. The predicted molar refractivity (Wildman–Crippen MR) is 100 cm³/mol. The molecule has 0 spiro atoms. The van der Waals surface area contributed by atoms with Gasteiger partial charge in [-0.3, -0.25) is 9.59 Å². The Labute approximate surface area is 155 Å². The van der Waals surface area contributed by atoms with Crippen LogP contribution < -0.4 is 10.1 Å². The molecule has 1 aliphatic rings. The summed E-state index contributed by atoms with van der Waals surface area (Å²) < 4.78 is 10.8. The lowest BCUT2D eigenvalue weighted by Crippen LogP contribution is -2.50. The van der Waals surface area contributed by atoms with Gasteiger partial charge in [0.15, 0.2) is 6.10 Å². The predicted octanol–water partition coefficient (Wildman–Crippen LogP) is 2.33. The fraction of sp³-hybridized carbons (Fsp3) is 0.600. The van der Waals surface area contributed by atoms with Crippen molar-refractivity contribution in [2.75, 3.05) is 26.8 Å². The molecule has 26 heavy (non-hydrogen) atoms. The zero-order valence-corrected chi connectivity index (χ0v) is 16.2. The number of benzene rings is 1. The van der Waals surface area contributed by atoms with Crippen LogP contribution in [0.3, 0.4) is 0 Å². The Balaban J connectivity index is 1.87. The minimum atomic E-state index is -0.533. The number of likely N-dealkylation sites (tertiary alicyclic amines) is 1. The number of amides is 2. The number of piperidine rings is 1. The molecule has 0 bridgehead atoms. The molecule has 1 fully saturated rings. The van der Waals surface area contributed by atoms with Crippen LogP contribution in [0, 0.1) is 0 Å².